The number of rotatable bonds is 8. The number of benzene rings is 2. The molecule has 8 heteroatoms. The molecule has 2 aromatic carbocycles. The molecule has 7 nitrogen and oxygen atoms in total. The molecule has 0 atom stereocenters. The molecule has 0 radical (unpaired) electrons. The Labute approximate surface area is 193 Å². The van der Waals surface area contributed by atoms with Crippen LogP contribution in [0.15, 0.2) is 59.8 Å². The fourth-order valence-corrected chi connectivity index (χ4v) is 4.43. The molecule has 0 saturated carbocycles. The zero-order valence-corrected chi connectivity index (χ0v) is 19.3. The van der Waals surface area contributed by atoms with Crippen molar-refractivity contribution < 1.29 is 9.53 Å². The summed E-state index contributed by atoms with van der Waals surface area (Å²) in [6, 6.07) is 17.9. The van der Waals surface area contributed by atoms with Gasteiger partial charge in [0.25, 0.3) is 0 Å². The number of aromatic nitrogens is 3. The lowest BCUT2D eigenvalue weighted by Gasteiger charge is -2.28. The van der Waals surface area contributed by atoms with Gasteiger partial charge in [-0.05, 0) is 17.5 Å². The van der Waals surface area contributed by atoms with Crippen molar-refractivity contribution in [2.45, 2.75) is 25.5 Å². The van der Waals surface area contributed by atoms with E-state index in [4.69, 9.17) is 4.74 Å². The van der Waals surface area contributed by atoms with E-state index in [0.717, 1.165) is 47.6 Å². The SMILES string of the molecule is CC(C)Cn1c(SCC(=O)Nc2ccccc2-c2ccccc2)nnc1N1CCOCC1. The third-order valence-corrected chi connectivity index (χ3v) is 6.12. The van der Waals surface area contributed by atoms with Crippen molar-refractivity contribution in [2.24, 2.45) is 5.92 Å². The molecule has 0 spiro atoms. The number of amides is 1. The second-order valence-electron chi connectivity index (χ2n) is 8.13. The van der Waals surface area contributed by atoms with Crippen molar-refractivity contribution in [1.82, 2.24) is 14.8 Å². The van der Waals surface area contributed by atoms with Gasteiger partial charge in [0.15, 0.2) is 5.16 Å². The number of anilines is 2. The molecule has 2 heterocycles. The zero-order chi connectivity index (χ0) is 22.3. The molecule has 32 heavy (non-hydrogen) atoms. The minimum atomic E-state index is -0.0644. The predicted octanol–water partition coefficient (Wildman–Crippen LogP) is 4.17. The van der Waals surface area contributed by atoms with Crippen molar-refractivity contribution in [3.05, 3.63) is 54.6 Å². The van der Waals surface area contributed by atoms with Crippen LogP contribution in [-0.4, -0.2) is 52.7 Å². The summed E-state index contributed by atoms with van der Waals surface area (Å²) in [5.41, 5.74) is 2.88. The maximum atomic E-state index is 12.8. The highest BCUT2D eigenvalue weighted by Gasteiger charge is 2.22. The van der Waals surface area contributed by atoms with E-state index < -0.39 is 0 Å². The Morgan fingerprint density at radius 3 is 2.53 bits per heavy atom. The van der Waals surface area contributed by atoms with Gasteiger partial charge in [-0.1, -0.05) is 74.1 Å². The lowest BCUT2D eigenvalue weighted by Crippen LogP contribution is -2.38. The Morgan fingerprint density at radius 1 is 1.06 bits per heavy atom. The van der Waals surface area contributed by atoms with Gasteiger partial charge >= 0.3 is 0 Å². The fourth-order valence-electron chi connectivity index (χ4n) is 3.69. The third-order valence-electron chi connectivity index (χ3n) is 5.16. The van der Waals surface area contributed by atoms with Crippen LogP contribution < -0.4 is 10.2 Å². The lowest BCUT2D eigenvalue weighted by molar-refractivity contribution is -0.113. The highest BCUT2D eigenvalue weighted by atomic mass is 32.2. The van der Waals surface area contributed by atoms with E-state index in [1.165, 1.54) is 11.8 Å². The van der Waals surface area contributed by atoms with Crippen LogP contribution in [0.1, 0.15) is 13.8 Å². The van der Waals surface area contributed by atoms with Gasteiger partial charge in [0, 0.05) is 30.9 Å². The molecule has 1 aliphatic heterocycles. The molecule has 1 fully saturated rings. The second-order valence-corrected chi connectivity index (χ2v) is 9.08. The number of ether oxygens (including phenoxy) is 1. The third kappa shape index (κ3) is 5.49. The summed E-state index contributed by atoms with van der Waals surface area (Å²) < 4.78 is 7.60. The van der Waals surface area contributed by atoms with Crippen LogP contribution >= 0.6 is 11.8 Å². The highest BCUT2D eigenvalue weighted by molar-refractivity contribution is 7.99. The topological polar surface area (TPSA) is 72.3 Å². The van der Waals surface area contributed by atoms with Crippen molar-refractivity contribution in [3.8, 4) is 11.1 Å². The smallest absolute Gasteiger partial charge is 0.234 e. The minimum absolute atomic E-state index is 0.0644. The van der Waals surface area contributed by atoms with Gasteiger partial charge in [0.2, 0.25) is 11.9 Å². The number of hydrogen-bond donors (Lipinski definition) is 1. The van der Waals surface area contributed by atoms with E-state index in [2.05, 4.69) is 38.8 Å². The van der Waals surface area contributed by atoms with E-state index in [0.29, 0.717) is 19.1 Å². The first-order chi connectivity index (χ1) is 15.6. The van der Waals surface area contributed by atoms with Gasteiger partial charge in [-0.2, -0.15) is 0 Å². The Kier molecular flexibility index (Phi) is 7.44. The van der Waals surface area contributed by atoms with Crippen LogP contribution in [0.2, 0.25) is 0 Å². The van der Waals surface area contributed by atoms with Crippen molar-refractivity contribution in [3.63, 3.8) is 0 Å². The van der Waals surface area contributed by atoms with Gasteiger partial charge in [-0.25, -0.2) is 0 Å². The first-order valence-corrected chi connectivity index (χ1v) is 11.9. The first-order valence-electron chi connectivity index (χ1n) is 10.9. The number of nitrogens with one attached hydrogen (secondary N) is 1. The monoisotopic (exact) mass is 451 g/mol. The van der Waals surface area contributed by atoms with Crippen LogP contribution in [0.3, 0.4) is 0 Å². The summed E-state index contributed by atoms with van der Waals surface area (Å²) >= 11 is 1.42. The number of carbonyl (C=O) groups is 1. The summed E-state index contributed by atoms with van der Waals surface area (Å²) in [5, 5.41) is 12.7. The normalized spacial score (nSPS) is 14.0. The number of carbonyl (C=O) groups excluding carboxylic acids is 1. The number of para-hydroxylation sites is 1. The Hall–Kier alpha value is -2.84. The van der Waals surface area contributed by atoms with Crippen LogP contribution in [-0.2, 0) is 16.1 Å². The molecule has 1 saturated heterocycles. The molecule has 1 aromatic heterocycles. The summed E-state index contributed by atoms with van der Waals surface area (Å²) in [6.45, 7) is 8.14. The van der Waals surface area contributed by atoms with Gasteiger partial charge in [-0.15, -0.1) is 10.2 Å². The van der Waals surface area contributed by atoms with Crippen molar-refractivity contribution in [2.75, 3.05) is 42.3 Å². The van der Waals surface area contributed by atoms with E-state index in [-0.39, 0.29) is 11.7 Å². The maximum absolute atomic E-state index is 12.8. The molecular formula is C24H29N5O2S. The molecule has 168 valence electrons. The average Bonchev–Trinajstić information content (AvgIpc) is 3.21. The van der Waals surface area contributed by atoms with Gasteiger partial charge in [-0.3, -0.25) is 9.36 Å². The molecule has 0 aliphatic carbocycles. The largest absolute Gasteiger partial charge is 0.378 e. The molecule has 1 N–H and O–H groups in total. The number of thioether (sulfide) groups is 1. The van der Waals surface area contributed by atoms with Crippen molar-refractivity contribution in [1.29, 1.82) is 0 Å². The number of hydrogen-bond acceptors (Lipinski definition) is 6. The van der Waals surface area contributed by atoms with E-state index in [1.807, 2.05) is 54.6 Å². The van der Waals surface area contributed by atoms with Gasteiger partial charge in [0.1, 0.15) is 0 Å². The van der Waals surface area contributed by atoms with E-state index >= 15 is 0 Å². The summed E-state index contributed by atoms with van der Waals surface area (Å²) in [7, 11) is 0. The lowest BCUT2D eigenvalue weighted by atomic mass is 10.0. The average molecular weight is 452 g/mol. The molecule has 1 aliphatic rings. The van der Waals surface area contributed by atoms with Gasteiger partial charge in [0.05, 0.1) is 19.0 Å². The van der Waals surface area contributed by atoms with E-state index in [9.17, 15) is 4.79 Å². The van der Waals surface area contributed by atoms with Crippen LogP contribution in [0.25, 0.3) is 11.1 Å². The minimum Gasteiger partial charge on any atom is -0.378 e. The zero-order valence-electron chi connectivity index (χ0n) is 18.5. The standard InChI is InChI=1S/C24H29N5O2S/c1-18(2)16-29-23(28-12-14-31-15-13-28)26-27-24(29)32-17-22(30)25-21-11-7-6-10-20(21)19-8-4-3-5-9-19/h3-11,18H,12-17H2,1-2H3,(H,25,30). The van der Waals surface area contributed by atoms with E-state index in [1.54, 1.807) is 0 Å². The molecule has 4 rings (SSSR count). The quantitative estimate of drug-likeness (QED) is 0.519. The van der Waals surface area contributed by atoms with Crippen LogP contribution in [0.4, 0.5) is 11.6 Å². The summed E-state index contributed by atoms with van der Waals surface area (Å²) in [5.74, 6) is 1.50. The number of nitrogens with zero attached hydrogens (tertiary/aromatic N) is 4. The number of morpholine rings is 1. The molecule has 3 aromatic rings. The van der Waals surface area contributed by atoms with Crippen molar-refractivity contribution >= 4 is 29.3 Å². The van der Waals surface area contributed by atoms with Crippen LogP contribution in [0, 0.1) is 5.92 Å². The summed E-state index contributed by atoms with van der Waals surface area (Å²) in [4.78, 5) is 15.0. The Bertz CT molecular complexity index is 1030. The van der Waals surface area contributed by atoms with Gasteiger partial charge < -0.3 is 15.0 Å². The highest BCUT2D eigenvalue weighted by Crippen LogP contribution is 2.28. The Morgan fingerprint density at radius 2 is 1.78 bits per heavy atom. The molecule has 0 unspecified atom stereocenters. The van der Waals surface area contributed by atoms with Crippen LogP contribution in [0.5, 0.6) is 0 Å². The maximum Gasteiger partial charge on any atom is 0.234 e. The predicted molar refractivity (Wildman–Crippen MR) is 129 cm³/mol. The molecular weight excluding hydrogens is 422 g/mol. The first kappa shape index (κ1) is 22.4. The summed E-state index contributed by atoms with van der Waals surface area (Å²) in [6.07, 6.45) is 0. The molecule has 0 bridgehead atoms. The molecule has 1 amide bonds. The Balaban J connectivity index is 1.45. The second kappa shape index (κ2) is 10.7. The fraction of sp³-hybridized carbons (Fsp3) is 0.375.